The summed E-state index contributed by atoms with van der Waals surface area (Å²) < 4.78 is 35.6. The van der Waals surface area contributed by atoms with Crippen LogP contribution in [0.2, 0.25) is 0 Å². The summed E-state index contributed by atoms with van der Waals surface area (Å²) >= 11 is 0. The first-order valence-electron chi connectivity index (χ1n) is 8.37. The van der Waals surface area contributed by atoms with Crippen molar-refractivity contribution in [3.63, 3.8) is 0 Å². The molecule has 3 aromatic rings. The molecule has 0 heterocycles. The lowest BCUT2D eigenvalue weighted by Gasteiger charge is -2.15. The molecule has 0 aliphatic heterocycles. The van der Waals surface area contributed by atoms with Crippen molar-refractivity contribution >= 4 is 5.97 Å². The quantitative estimate of drug-likeness (QED) is 0.235. The van der Waals surface area contributed by atoms with Crippen LogP contribution in [0.1, 0.15) is 0 Å². The van der Waals surface area contributed by atoms with Crippen LogP contribution in [0.25, 0.3) is 0 Å². The number of rotatable bonds is 7. The predicted molar refractivity (Wildman–Crippen MR) is 101 cm³/mol. The number of para-hydroxylation sites is 3. The highest BCUT2D eigenvalue weighted by Crippen LogP contribution is 2.42. The molecular weight excluding hydrogens is 363 g/mol. The fourth-order valence-electron chi connectivity index (χ4n) is 2.28. The van der Waals surface area contributed by atoms with Crippen LogP contribution in [0, 0.1) is 5.82 Å². The molecular formula is C22H17FO5. The van der Waals surface area contributed by atoms with E-state index in [4.69, 9.17) is 18.9 Å². The number of hydrogen-bond donors (Lipinski definition) is 0. The van der Waals surface area contributed by atoms with Crippen molar-refractivity contribution in [1.82, 2.24) is 0 Å². The second-order valence-electron chi connectivity index (χ2n) is 5.49. The zero-order valence-corrected chi connectivity index (χ0v) is 15.0. The van der Waals surface area contributed by atoms with E-state index in [0.717, 1.165) is 6.08 Å². The van der Waals surface area contributed by atoms with Crippen molar-refractivity contribution in [2.45, 2.75) is 0 Å². The van der Waals surface area contributed by atoms with Gasteiger partial charge in [0.25, 0.3) is 0 Å². The van der Waals surface area contributed by atoms with Gasteiger partial charge < -0.3 is 18.9 Å². The third-order valence-electron chi connectivity index (χ3n) is 3.51. The van der Waals surface area contributed by atoms with Gasteiger partial charge in [0.15, 0.2) is 23.1 Å². The molecule has 0 radical (unpaired) electrons. The standard InChI is InChI=1S/C22H17FO5/c1-25-15-14-21(24)28-20-13-7-12-19(27-18-11-6-5-10-17(18)23)22(20)26-16-8-3-2-4-9-16/h2-15H,1H3. The number of esters is 1. The molecule has 0 fully saturated rings. The third-order valence-corrected chi connectivity index (χ3v) is 3.51. The Morgan fingerprint density at radius 2 is 1.50 bits per heavy atom. The SMILES string of the molecule is COC=CC(=O)Oc1cccc(Oc2ccccc2F)c1Oc1ccccc1. The van der Waals surface area contributed by atoms with Gasteiger partial charge >= 0.3 is 5.97 Å². The minimum Gasteiger partial charge on any atom is -0.504 e. The fourth-order valence-corrected chi connectivity index (χ4v) is 2.28. The Balaban J connectivity index is 1.98. The maximum atomic E-state index is 14.0. The van der Waals surface area contributed by atoms with Gasteiger partial charge in [-0.25, -0.2) is 9.18 Å². The predicted octanol–water partition coefficient (Wildman–Crippen LogP) is 5.48. The van der Waals surface area contributed by atoms with E-state index >= 15 is 0 Å². The van der Waals surface area contributed by atoms with Crippen LogP contribution in [0.3, 0.4) is 0 Å². The average molecular weight is 380 g/mol. The van der Waals surface area contributed by atoms with E-state index in [-0.39, 0.29) is 23.0 Å². The Hall–Kier alpha value is -3.80. The van der Waals surface area contributed by atoms with E-state index in [2.05, 4.69) is 0 Å². The normalized spacial score (nSPS) is 10.5. The summed E-state index contributed by atoms with van der Waals surface area (Å²) in [7, 11) is 1.41. The molecule has 0 saturated carbocycles. The summed E-state index contributed by atoms with van der Waals surface area (Å²) in [4.78, 5) is 12.0. The number of methoxy groups -OCH3 is 1. The smallest absolute Gasteiger partial charge is 0.339 e. The summed E-state index contributed by atoms with van der Waals surface area (Å²) in [6.07, 6.45) is 2.32. The highest BCUT2D eigenvalue weighted by molar-refractivity contribution is 5.84. The zero-order valence-electron chi connectivity index (χ0n) is 15.0. The minimum absolute atomic E-state index is 0.0168. The lowest BCUT2D eigenvalue weighted by atomic mass is 10.2. The highest BCUT2D eigenvalue weighted by atomic mass is 19.1. The number of carbonyl (C=O) groups excluding carboxylic acids is 1. The summed E-state index contributed by atoms with van der Waals surface area (Å²) in [5.41, 5.74) is 0. The molecule has 0 atom stereocenters. The molecule has 0 bridgehead atoms. The number of hydrogen-bond acceptors (Lipinski definition) is 5. The summed E-state index contributed by atoms with van der Waals surface area (Å²) in [6, 6.07) is 19.6. The minimum atomic E-state index is -0.664. The summed E-state index contributed by atoms with van der Waals surface area (Å²) in [5.74, 6) is -0.240. The molecule has 28 heavy (non-hydrogen) atoms. The second-order valence-corrected chi connectivity index (χ2v) is 5.49. The Labute approximate surface area is 161 Å². The second kappa shape index (κ2) is 9.23. The van der Waals surface area contributed by atoms with Gasteiger partial charge in [-0.05, 0) is 36.4 Å². The maximum Gasteiger partial charge on any atom is 0.339 e. The van der Waals surface area contributed by atoms with Crippen LogP contribution in [0.5, 0.6) is 28.7 Å². The first-order chi connectivity index (χ1) is 13.7. The topological polar surface area (TPSA) is 54.0 Å². The van der Waals surface area contributed by atoms with E-state index in [1.165, 1.54) is 25.5 Å². The Kier molecular flexibility index (Phi) is 6.25. The van der Waals surface area contributed by atoms with Gasteiger partial charge in [0.05, 0.1) is 19.4 Å². The molecule has 0 aliphatic rings. The molecule has 142 valence electrons. The molecule has 5 nitrogen and oxygen atoms in total. The van der Waals surface area contributed by atoms with Gasteiger partial charge in [-0.1, -0.05) is 36.4 Å². The largest absolute Gasteiger partial charge is 0.504 e. The van der Waals surface area contributed by atoms with Crippen LogP contribution < -0.4 is 14.2 Å². The lowest BCUT2D eigenvalue weighted by Crippen LogP contribution is -2.05. The summed E-state index contributed by atoms with van der Waals surface area (Å²) in [6.45, 7) is 0. The molecule has 0 amide bonds. The first kappa shape index (κ1) is 19.0. The van der Waals surface area contributed by atoms with Gasteiger partial charge in [0.1, 0.15) is 5.75 Å². The molecule has 0 unspecified atom stereocenters. The van der Waals surface area contributed by atoms with Gasteiger partial charge in [0, 0.05) is 0 Å². The average Bonchev–Trinajstić information content (AvgIpc) is 2.71. The van der Waals surface area contributed by atoms with Gasteiger partial charge in [-0.15, -0.1) is 0 Å². The van der Waals surface area contributed by atoms with E-state index in [1.54, 1.807) is 54.6 Å². The van der Waals surface area contributed by atoms with Crippen molar-refractivity contribution in [1.29, 1.82) is 0 Å². The highest BCUT2D eigenvalue weighted by Gasteiger charge is 2.17. The Morgan fingerprint density at radius 1 is 0.821 bits per heavy atom. The number of benzene rings is 3. The molecule has 6 heteroatoms. The molecule has 0 aromatic heterocycles. The van der Waals surface area contributed by atoms with Gasteiger partial charge in [-0.2, -0.15) is 0 Å². The van der Waals surface area contributed by atoms with Crippen molar-refractivity contribution in [2.75, 3.05) is 7.11 Å². The summed E-state index contributed by atoms with van der Waals surface area (Å²) in [5, 5.41) is 0. The lowest BCUT2D eigenvalue weighted by molar-refractivity contribution is -0.129. The molecule has 0 N–H and O–H groups in total. The van der Waals surface area contributed by atoms with Gasteiger partial charge in [-0.3, -0.25) is 0 Å². The number of carbonyl (C=O) groups is 1. The molecule has 0 saturated heterocycles. The van der Waals surface area contributed by atoms with Crippen LogP contribution in [0.4, 0.5) is 4.39 Å². The number of ether oxygens (including phenoxy) is 4. The van der Waals surface area contributed by atoms with Crippen molar-refractivity contribution in [3.8, 4) is 28.7 Å². The zero-order chi connectivity index (χ0) is 19.8. The van der Waals surface area contributed by atoms with Crippen LogP contribution in [0.15, 0.2) is 85.1 Å². The molecule has 0 spiro atoms. The Morgan fingerprint density at radius 3 is 2.25 bits per heavy atom. The fraction of sp³-hybridized carbons (Fsp3) is 0.0455. The first-order valence-corrected chi connectivity index (χ1v) is 8.37. The van der Waals surface area contributed by atoms with Crippen molar-refractivity contribution < 1.29 is 28.1 Å². The third kappa shape index (κ3) is 4.88. The van der Waals surface area contributed by atoms with E-state index in [9.17, 15) is 9.18 Å². The van der Waals surface area contributed by atoms with Crippen LogP contribution in [-0.2, 0) is 9.53 Å². The van der Waals surface area contributed by atoms with Crippen LogP contribution >= 0.6 is 0 Å². The molecule has 3 rings (SSSR count). The van der Waals surface area contributed by atoms with Crippen LogP contribution in [-0.4, -0.2) is 13.1 Å². The molecule has 3 aromatic carbocycles. The van der Waals surface area contributed by atoms with Crippen molar-refractivity contribution in [3.05, 3.63) is 91.0 Å². The van der Waals surface area contributed by atoms with Crippen molar-refractivity contribution in [2.24, 2.45) is 0 Å². The van der Waals surface area contributed by atoms with E-state index in [1.807, 2.05) is 6.07 Å². The monoisotopic (exact) mass is 380 g/mol. The maximum absolute atomic E-state index is 14.0. The van der Waals surface area contributed by atoms with E-state index < -0.39 is 11.8 Å². The van der Waals surface area contributed by atoms with E-state index in [0.29, 0.717) is 5.75 Å². The number of halogens is 1. The molecule has 0 aliphatic carbocycles. The Bertz CT molecular complexity index is 970. The van der Waals surface area contributed by atoms with Gasteiger partial charge in [0.2, 0.25) is 5.75 Å².